The van der Waals surface area contributed by atoms with Gasteiger partial charge in [-0.15, -0.1) is 0 Å². The maximum atomic E-state index is 12.5. The smallest absolute Gasteiger partial charge is 0.251 e. The van der Waals surface area contributed by atoms with Gasteiger partial charge in [0.1, 0.15) is 11.5 Å². The van der Waals surface area contributed by atoms with Crippen LogP contribution in [0.15, 0.2) is 78.9 Å². The van der Waals surface area contributed by atoms with E-state index in [9.17, 15) is 9.59 Å². The van der Waals surface area contributed by atoms with Crippen molar-refractivity contribution in [3.8, 4) is 11.5 Å². The normalized spacial score (nSPS) is 11.4. The molecule has 2 amide bonds. The summed E-state index contributed by atoms with van der Waals surface area (Å²) < 4.78 is 5.74. The molecular weight excluding hydrogens is 352 g/mol. The third-order valence-corrected chi connectivity index (χ3v) is 4.15. The molecule has 0 spiro atoms. The third kappa shape index (κ3) is 5.20. The first-order chi connectivity index (χ1) is 13.5. The zero-order valence-electron chi connectivity index (χ0n) is 15.8. The van der Waals surface area contributed by atoms with Gasteiger partial charge in [0.25, 0.3) is 5.91 Å². The van der Waals surface area contributed by atoms with E-state index in [0.717, 1.165) is 11.3 Å². The van der Waals surface area contributed by atoms with Crippen LogP contribution in [0.4, 0.5) is 5.69 Å². The molecule has 0 aliphatic rings. The van der Waals surface area contributed by atoms with E-state index in [-0.39, 0.29) is 17.9 Å². The topological polar surface area (TPSA) is 67.4 Å². The fourth-order valence-electron chi connectivity index (χ4n) is 2.75. The van der Waals surface area contributed by atoms with E-state index < -0.39 is 0 Å². The van der Waals surface area contributed by atoms with Crippen LogP contribution < -0.4 is 15.4 Å². The molecule has 3 aromatic rings. The van der Waals surface area contributed by atoms with Gasteiger partial charge in [-0.3, -0.25) is 9.59 Å². The molecule has 0 saturated heterocycles. The highest BCUT2D eigenvalue weighted by molar-refractivity contribution is 5.94. The maximum Gasteiger partial charge on any atom is 0.251 e. The largest absolute Gasteiger partial charge is 0.457 e. The average Bonchev–Trinajstić information content (AvgIpc) is 2.69. The molecule has 0 saturated carbocycles. The third-order valence-electron chi connectivity index (χ3n) is 4.15. The maximum absolute atomic E-state index is 12.5. The second-order valence-electron chi connectivity index (χ2n) is 6.44. The van der Waals surface area contributed by atoms with Crippen molar-refractivity contribution in [1.29, 1.82) is 0 Å². The molecule has 0 bridgehead atoms. The highest BCUT2D eigenvalue weighted by Crippen LogP contribution is 2.22. The summed E-state index contributed by atoms with van der Waals surface area (Å²) in [6, 6.07) is 23.7. The van der Waals surface area contributed by atoms with Crippen molar-refractivity contribution in [1.82, 2.24) is 5.32 Å². The van der Waals surface area contributed by atoms with Gasteiger partial charge in [-0.25, -0.2) is 0 Å². The number of carbonyl (C=O) groups excluding carboxylic acids is 2. The monoisotopic (exact) mass is 374 g/mol. The van der Waals surface area contributed by atoms with Crippen molar-refractivity contribution >= 4 is 17.5 Å². The van der Waals surface area contributed by atoms with Crippen LogP contribution in [-0.2, 0) is 4.79 Å². The fraction of sp³-hybridized carbons (Fsp3) is 0.130. The first-order valence-electron chi connectivity index (χ1n) is 9.02. The van der Waals surface area contributed by atoms with Crippen LogP contribution in [0.5, 0.6) is 11.5 Å². The molecule has 0 fully saturated rings. The van der Waals surface area contributed by atoms with Crippen LogP contribution >= 0.6 is 0 Å². The Balaban J connectivity index is 1.63. The first kappa shape index (κ1) is 19.2. The summed E-state index contributed by atoms with van der Waals surface area (Å²) in [4.78, 5) is 23.7. The summed E-state index contributed by atoms with van der Waals surface area (Å²) in [5.74, 6) is 1.10. The summed E-state index contributed by atoms with van der Waals surface area (Å²) >= 11 is 0. The highest BCUT2D eigenvalue weighted by Gasteiger charge is 2.12. The molecule has 0 aliphatic carbocycles. The van der Waals surface area contributed by atoms with Crippen molar-refractivity contribution in [3.05, 3.63) is 90.0 Å². The first-order valence-corrected chi connectivity index (χ1v) is 9.02. The summed E-state index contributed by atoms with van der Waals surface area (Å²) in [5, 5.41) is 5.72. The van der Waals surface area contributed by atoms with E-state index in [1.54, 1.807) is 24.3 Å². The second kappa shape index (κ2) is 8.86. The molecule has 28 heavy (non-hydrogen) atoms. The van der Waals surface area contributed by atoms with Gasteiger partial charge in [0, 0.05) is 18.2 Å². The van der Waals surface area contributed by atoms with E-state index in [1.807, 2.05) is 61.5 Å². The van der Waals surface area contributed by atoms with E-state index in [1.165, 1.54) is 6.92 Å². The van der Waals surface area contributed by atoms with Crippen LogP contribution in [0.3, 0.4) is 0 Å². The summed E-state index contributed by atoms with van der Waals surface area (Å²) in [6.45, 7) is 3.36. The molecule has 5 heteroatoms. The van der Waals surface area contributed by atoms with Crippen LogP contribution in [0.2, 0.25) is 0 Å². The minimum atomic E-state index is -0.207. The molecule has 0 aliphatic heterocycles. The van der Waals surface area contributed by atoms with Crippen molar-refractivity contribution in [2.75, 3.05) is 5.32 Å². The predicted octanol–water partition coefficient (Wildman–Crippen LogP) is 4.93. The van der Waals surface area contributed by atoms with Gasteiger partial charge in [0.15, 0.2) is 0 Å². The number of para-hydroxylation sites is 1. The average molecular weight is 374 g/mol. The quantitative estimate of drug-likeness (QED) is 0.643. The molecule has 1 atom stereocenters. The summed E-state index contributed by atoms with van der Waals surface area (Å²) in [5.41, 5.74) is 2.16. The lowest BCUT2D eigenvalue weighted by atomic mass is 10.1. The molecule has 1 unspecified atom stereocenters. The van der Waals surface area contributed by atoms with Gasteiger partial charge in [-0.2, -0.15) is 0 Å². The Morgan fingerprint density at radius 3 is 2.21 bits per heavy atom. The Hall–Kier alpha value is -3.60. The Morgan fingerprint density at radius 1 is 0.857 bits per heavy atom. The number of benzene rings is 3. The highest BCUT2D eigenvalue weighted by atomic mass is 16.5. The molecule has 0 radical (unpaired) electrons. The number of hydrogen-bond donors (Lipinski definition) is 2. The Kier molecular flexibility index (Phi) is 6.07. The van der Waals surface area contributed by atoms with Gasteiger partial charge in [-0.1, -0.05) is 30.3 Å². The zero-order valence-corrected chi connectivity index (χ0v) is 15.8. The molecule has 5 nitrogen and oxygen atoms in total. The van der Waals surface area contributed by atoms with Crippen molar-refractivity contribution < 1.29 is 14.3 Å². The standard InChI is InChI=1S/C23H22N2O3/c1-16(19-7-6-8-20(15-19)25-17(2)26)24-23(27)18-11-13-22(14-12-18)28-21-9-4-3-5-10-21/h3-16H,1-2H3,(H,24,27)(H,25,26). The lowest BCUT2D eigenvalue weighted by Crippen LogP contribution is -2.26. The van der Waals surface area contributed by atoms with E-state index in [0.29, 0.717) is 17.0 Å². The molecular formula is C23H22N2O3. The molecule has 3 rings (SSSR count). The lowest BCUT2D eigenvalue weighted by Gasteiger charge is -2.16. The van der Waals surface area contributed by atoms with Gasteiger partial charge in [0.2, 0.25) is 5.91 Å². The van der Waals surface area contributed by atoms with Crippen molar-refractivity contribution in [2.24, 2.45) is 0 Å². The van der Waals surface area contributed by atoms with Gasteiger partial charge in [-0.05, 0) is 61.0 Å². The number of nitrogens with one attached hydrogen (secondary N) is 2. The molecule has 2 N–H and O–H groups in total. The molecule has 0 heterocycles. The lowest BCUT2D eigenvalue weighted by molar-refractivity contribution is -0.114. The summed E-state index contributed by atoms with van der Waals surface area (Å²) in [6.07, 6.45) is 0. The van der Waals surface area contributed by atoms with Gasteiger partial charge < -0.3 is 15.4 Å². The number of amides is 2. The Bertz CT molecular complexity index is 953. The number of hydrogen-bond acceptors (Lipinski definition) is 3. The number of rotatable bonds is 6. The zero-order chi connectivity index (χ0) is 19.9. The number of anilines is 1. The molecule has 142 valence electrons. The second-order valence-corrected chi connectivity index (χ2v) is 6.44. The molecule has 3 aromatic carbocycles. The van der Waals surface area contributed by atoms with Crippen LogP contribution in [0.25, 0.3) is 0 Å². The number of carbonyl (C=O) groups is 2. The van der Waals surface area contributed by atoms with Crippen LogP contribution in [-0.4, -0.2) is 11.8 Å². The molecule has 0 aromatic heterocycles. The number of ether oxygens (including phenoxy) is 1. The SMILES string of the molecule is CC(=O)Nc1cccc(C(C)NC(=O)c2ccc(Oc3ccccc3)cc2)c1. The fourth-order valence-corrected chi connectivity index (χ4v) is 2.75. The Morgan fingerprint density at radius 2 is 1.54 bits per heavy atom. The van der Waals surface area contributed by atoms with E-state index in [4.69, 9.17) is 4.74 Å². The summed E-state index contributed by atoms with van der Waals surface area (Å²) in [7, 11) is 0. The van der Waals surface area contributed by atoms with Crippen molar-refractivity contribution in [2.45, 2.75) is 19.9 Å². The predicted molar refractivity (Wildman–Crippen MR) is 110 cm³/mol. The van der Waals surface area contributed by atoms with Gasteiger partial charge >= 0.3 is 0 Å². The van der Waals surface area contributed by atoms with E-state index in [2.05, 4.69) is 10.6 Å². The minimum absolute atomic E-state index is 0.133. The minimum Gasteiger partial charge on any atom is -0.457 e. The van der Waals surface area contributed by atoms with Crippen LogP contribution in [0, 0.1) is 0 Å². The Labute approximate surface area is 164 Å². The van der Waals surface area contributed by atoms with Crippen molar-refractivity contribution in [3.63, 3.8) is 0 Å². The van der Waals surface area contributed by atoms with E-state index >= 15 is 0 Å². The van der Waals surface area contributed by atoms with Gasteiger partial charge in [0.05, 0.1) is 6.04 Å². The van der Waals surface area contributed by atoms with Crippen LogP contribution in [0.1, 0.15) is 35.8 Å².